The second kappa shape index (κ2) is 8.93. The standard InChI is InChI=1S/C22H24O10/c1-29-13-4-2-10(3-5-13)14-7-11-6-12(24)8-15(17(11)21(28)30-14)31-22-20(27)19(26)18(25)16(9-23)32-22/h2-6,8,14,16,18-20,22-27H,7,9H2,1H3/t14-,16+,18+,19-,20+,22+/m0/s1. The van der Waals surface area contributed by atoms with Crippen LogP contribution in [0.5, 0.6) is 17.2 Å². The van der Waals surface area contributed by atoms with Gasteiger partial charge in [-0.25, -0.2) is 4.79 Å². The van der Waals surface area contributed by atoms with E-state index in [2.05, 4.69) is 0 Å². The monoisotopic (exact) mass is 448 g/mol. The number of phenolic OH excluding ortho intramolecular Hbond substituents is 1. The Morgan fingerprint density at radius 3 is 2.44 bits per heavy atom. The van der Waals surface area contributed by atoms with E-state index in [1.54, 1.807) is 31.4 Å². The molecule has 6 atom stereocenters. The van der Waals surface area contributed by atoms with Crippen molar-refractivity contribution in [2.45, 2.75) is 43.2 Å². The molecular weight excluding hydrogens is 424 g/mol. The SMILES string of the molecule is COc1ccc([C@@H]2Cc3cc(O)cc(O[C@@H]4O[C@H](CO)[C@@H](O)[C@H](O)[C@H]4O)c3C(=O)O2)cc1. The lowest BCUT2D eigenvalue weighted by Crippen LogP contribution is -2.60. The van der Waals surface area contributed by atoms with Crippen molar-refractivity contribution >= 4 is 5.97 Å². The molecule has 0 amide bonds. The van der Waals surface area contributed by atoms with Gasteiger partial charge in [0.25, 0.3) is 0 Å². The quantitative estimate of drug-likeness (QED) is 0.396. The third kappa shape index (κ3) is 4.10. The van der Waals surface area contributed by atoms with Gasteiger partial charge in [0, 0.05) is 12.5 Å². The molecule has 2 aliphatic heterocycles. The molecule has 2 aliphatic rings. The maximum absolute atomic E-state index is 12.8. The second-order valence-corrected chi connectivity index (χ2v) is 7.66. The molecule has 1 fully saturated rings. The number of rotatable bonds is 5. The topological polar surface area (TPSA) is 155 Å². The molecular formula is C22H24O10. The minimum Gasteiger partial charge on any atom is -0.508 e. The Morgan fingerprint density at radius 1 is 1.06 bits per heavy atom. The molecule has 2 aromatic carbocycles. The molecule has 1 saturated heterocycles. The van der Waals surface area contributed by atoms with E-state index in [1.807, 2.05) is 0 Å². The number of phenols is 1. The summed E-state index contributed by atoms with van der Waals surface area (Å²) in [6, 6.07) is 9.62. The van der Waals surface area contributed by atoms with Gasteiger partial charge >= 0.3 is 5.97 Å². The minimum absolute atomic E-state index is 0.0459. The van der Waals surface area contributed by atoms with E-state index in [-0.39, 0.29) is 23.5 Å². The van der Waals surface area contributed by atoms with Crippen molar-refractivity contribution in [2.75, 3.05) is 13.7 Å². The van der Waals surface area contributed by atoms with E-state index in [1.165, 1.54) is 6.07 Å². The smallest absolute Gasteiger partial charge is 0.342 e. The predicted octanol–water partition coefficient (Wildman–Crippen LogP) is 0.0337. The van der Waals surface area contributed by atoms with Crippen LogP contribution in [-0.2, 0) is 15.9 Å². The number of hydrogen-bond acceptors (Lipinski definition) is 10. The van der Waals surface area contributed by atoms with Crippen LogP contribution in [0.3, 0.4) is 0 Å². The van der Waals surface area contributed by atoms with Crippen LogP contribution in [0.4, 0.5) is 0 Å². The first-order valence-corrected chi connectivity index (χ1v) is 10.0. The Kier molecular flexibility index (Phi) is 6.22. The normalized spacial score (nSPS) is 29.7. The highest BCUT2D eigenvalue weighted by Crippen LogP contribution is 2.39. The number of fused-ring (bicyclic) bond motifs is 1. The number of carbonyl (C=O) groups excluding carboxylic acids is 1. The minimum atomic E-state index is -1.67. The van der Waals surface area contributed by atoms with Crippen LogP contribution >= 0.6 is 0 Å². The Bertz CT molecular complexity index is 973. The molecule has 2 heterocycles. The molecule has 0 saturated carbocycles. The number of ether oxygens (including phenoxy) is 4. The molecule has 0 aliphatic carbocycles. The molecule has 0 bridgehead atoms. The van der Waals surface area contributed by atoms with Crippen LogP contribution in [0.25, 0.3) is 0 Å². The molecule has 172 valence electrons. The fourth-order valence-electron chi connectivity index (χ4n) is 3.87. The fourth-order valence-corrected chi connectivity index (χ4v) is 3.87. The Labute approximate surface area is 183 Å². The molecule has 5 N–H and O–H groups in total. The summed E-state index contributed by atoms with van der Waals surface area (Å²) in [5.41, 5.74) is 1.25. The van der Waals surface area contributed by atoms with Gasteiger partial charge in [0.05, 0.1) is 13.7 Å². The molecule has 10 heteroatoms. The number of methoxy groups -OCH3 is 1. The third-order valence-corrected chi connectivity index (χ3v) is 5.61. The number of aromatic hydroxyl groups is 1. The van der Waals surface area contributed by atoms with Crippen molar-refractivity contribution in [1.82, 2.24) is 0 Å². The molecule has 2 aromatic rings. The lowest BCUT2D eigenvalue weighted by atomic mass is 9.93. The molecule has 10 nitrogen and oxygen atoms in total. The zero-order chi connectivity index (χ0) is 23.0. The van der Waals surface area contributed by atoms with Gasteiger partial charge < -0.3 is 44.5 Å². The zero-order valence-corrected chi connectivity index (χ0v) is 17.1. The largest absolute Gasteiger partial charge is 0.508 e. The number of esters is 1. The molecule has 0 radical (unpaired) electrons. The van der Waals surface area contributed by atoms with Gasteiger partial charge in [-0.2, -0.15) is 0 Å². The number of carbonyl (C=O) groups is 1. The summed E-state index contributed by atoms with van der Waals surface area (Å²) in [5.74, 6) is -0.357. The van der Waals surface area contributed by atoms with E-state index in [4.69, 9.17) is 18.9 Å². The first kappa shape index (κ1) is 22.3. The maximum Gasteiger partial charge on any atom is 0.342 e. The van der Waals surface area contributed by atoms with Crippen molar-refractivity contribution in [2.24, 2.45) is 0 Å². The average Bonchev–Trinajstić information content (AvgIpc) is 2.78. The van der Waals surface area contributed by atoms with E-state index >= 15 is 0 Å². The van der Waals surface area contributed by atoms with Gasteiger partial charge in [-0.3, -0.25) is 0 Å². The predicted molar refractivity (Wildman–Crippen MR) is 107 cm³/mol. The lowest BCUT2D eigenvalue weighted by Gasteiger charge is -2.40. The molecule has 0 spiro atoms. The van der Waals surface area contributed by atoms with Crippen molar-refractivity contribution in [3.8, 4) is 17.2 Å². The first-order chi connectivity index (χ1) is 15.3. The van der Waals surface area contributed by atoms with Crippen LogP contribution in [-0.4, -0.2) is 75.9 Å². The molecule has 0 aromatic heterocycles. The van der Waals surface area contributed by atoms with Crippen LogP contribution in [0.15, 0.2) is 36.4 Å². The highest BCUT2D eigenvalue weighted by molar-refractivity contribution is 5.95. The average molecular weight is 448 g/mol. The summed E-state index contributed by atoms with van der Waals surface area (Å²) in [6.45, 7) is -0.630. The summed E-state index contributed by atoms with van der Waals surface area (Å²) < 4.78 is 21.7. The van der Waals surface area contributed by atoms with Gasteiger partial charge in [0.15, 0.2) is 0 Å². The Morgan fingerprint density at radius 2 is 1.78 bits per heavy atom. The van der Waals surface area contributed by atoms with Crippen molar-refractivity contribution < 1.29 is 49.3 Å². The molecule has 4 rings (SSSR count). The molecule has 32 heavy (non-hydrogen) atoms. The van der Waals surface area contributed by atoms with Gasteiger partial charge in [-0.15, -0.1) is 0 Å². The number of cyclic esters (lactones) is 1. The van der Waals surface area contributed by atoms with Gasteiger partial charge in [-0.1, -0.05) is 12.1 Å². The first-order valence-electron chi connectivity index (χ1n) is 10.0. The fraction of sp³-hybridized carbons (Fsp3) is 0.409. The zero-order valence-electron chi connectivity index (χ0n) is 17.1. The van der Waals surface area contributed by atoms with E-state index in [9.17, 15) is 30.3 Å². The van der Waals surface area contributed by atoms with Crippen molar-refractivity contribution in [3.05, 3.63) is 53.1 Å². The van der Waals surface area contributed by atoms with Crippen molar-refractivity contribution in [1.29, 1.82) is 0 Å². The summed E-state index contributed by atoms with van der Waals surface area (Å²) in [7, 11) is 1.55. The lowest BCUT2D eigenvalue weighted by molar-refractivity contribution is -0.277. The summed E-state index contributed by atoms with van der Waals surface area (Å²) in [4.78, 5) is 12.8. The third-order valence-electron chi connectivity index (χ3n) is 5.61. The summed E-state index contributed by atoms with van der Waals surface area (Å²) >= 11 is 0. The van der Waals surface area contributed by atoms with E-state index in [0.29, 0.717) is 11.3 Å². The Balaban J connectivity index is 1.61. The second-order valence-electron chi connectivity index (χ2n) is 7.66. The number of aliphatic hydroxyl groups excluding tert-OH is 4. The highest BCUT2D eigenvalue weighted by atomic mass is 16.7. The Hall–Kier alpha value is -2.89. The molecule has 0 unspecified atom stereocenters. The summed E-state index contributed by atoms with van der Waals surface area (Å²) in [6.07, 6.45) is -7.90. The number of benzene rings is 2. The van der Waals surface area contributed by atoms with E-state index < -0.39 is 49.4 Å². The number of aliphatic hydroxyl groups is 4. The highest BCUT2D eigenvalue weighted by Gasteiger charge is 2.45. The van der Waals surface area contributed by atoms with Gasteiger partial charge in [0.1, 0.15) is 53.3 Å². The summed E-state index contributed by atoms with van der Waals surface area (Å²) in [5, 5.41) is 49.6. The van der Waals surface area contributed by atoms with Crippen LogP contribution in [0.1, 0.15) is 27.6 Å². The number of hydrogen-bond donors (Lipinski definition) is 5. The maximum atomic E-state index is 12.8. The van der Waals surface area contributed by atoms with Crippen LogP contribution in [0, 0.1) is 0 Å². The van der Waals surface area contributed by atoms with Crippen LogP contribution in [0.2, 0.25) is 0 Å². The van der Waals surface area contributed by atoms with Gasteiger partial charge in [0.2, 0.25) is 6.29 Å². The van der Waals surface area contributed by atoms with E-state index in [0.717, 1.165) is 11.6 Å². The van der Waals surface area contributed by atoms with Gasteiger partial charge in [-0.05, 0) is 29.3 Å². The van der Waals surface area contributed by atoms with Crippen molar-refractivity contribution in [3.63, 3.8) is 0 Å². The van der Waals surface area contributed by atoms with Crippen LogP contribution < -0.4 is 9.47 Å².